The largest absolute Gasteiger partial charge is 2.00 e. The van der Waals surface area contributed by atoms with Crippen molar-refractivity contribution in [1.29, 1.82) is 0 Å². The van der Waals surface area contributed by atoms with Crippen molar-refractivity contribution in [3.8, 4) is 23.0 Å². The molecule has 18 nitrogen and oxygen atoms in total. The Labute approximate surface area is 470 Å². The summed E-state index contributed by atoms with van der Waals surface area (Å²) in [6, 6.07) is 35.3. The predicted molar refractivity (Wildman–Crippen MR) is 284 cm³/mol. The summed E-state index contributed by atoms with van der Waals surface area (Å²) in [5, 5.41) is 58.6. The number of carbonyl (C=O) groups excluding carboxylic acids is 1. The number of azo groups is 2. The molecule has 0 bridgehead atoms. The van der Waals surface area contributed by atoms with Gasteiger partial charge in [0, 0.05) is 10.8 Å². The third-order valence-electron chi connectivity index (χ3n) is 10.8. The van der Waals surface area contributed by atoms with Crippen LogP contribution in [0.25, 0.3) is 21.5 Å². The van der Waals surface area contributed by atoms with Crippen molar-refractivity contribution in [3.05, 3.63) is 166 Å². The molecule has 0 saturated carbocycles. The van der Waals surface area contributed by atoms with Crippen molar-refractivity contribution < 1.29 is 55.5 Å². The molecular weight excluding hydrogens is 1080 g/mol. The molecule has 0 aliphatic rings. The number of ether oxygens (including phenoxy) is 2. The molecule has 8 rings (SSSR count). The Morgan fingerprint density at radius 3 is 1.61 bits per heavy atom. The van der Waals surface area contributed by atoms with Crippen LogP contribution in [0.5, 0.6) is 23.0 Å². The van der Waals surface area contributed by atoms with E-state index in [0.717, 1.165) is 6.07 Å². The molecule has 0 aromatic heterocycles. The van der Waals surface area contributed by atoms with Crippen LogP contribution in [0, 0.1) is 13.8 Å². The van der Waals surface area contributed by atoms with E-state index in [0.29, 0.717) is 63.1 Å². The second-order valence-corrected chi connectivity index (χ2v) is 19.4. The van der Waals surface area contributed by atoms with Crippen LogP contribution in [0.15, 0.2) is 169 Å². The summed E-state index contributed by atoms with van der Waals surface area (Å²) in [5.74, 6) is -1.53. The van der Waals surface area contributed by atoms with Crippen LogP contribution in [0.2, 0.25) is 10.0 Å². The number of nitrogens with one attached hydrogen (secondary N) is 1. The molecule has 0 fully saturated rings. The molecule has 0 saturated heterocycles. The van der Waals surface area contributed by atoms with E-state index in [1.54, 1.807) is 124 Å². The summed E-state index contributed by atoms with van der Waals surface area (Å²) in [6.07, 6.45) is 0. The summed E-state index contributed by atoms with van der Waals surface area (Å²) < 4.78 is 75.8. The Kier molecular flexibility index (Phi) is 19.0. The molecule has 0 aliphatic carbocycles. The summed E-state index contributed by atoms with van der Waals surface area (Å²) in [5.41, 5.74) is 1.53. The van der Waals surface area contributed by atoms with E-state index in [2.05, 4.69) is 30.8 Å². The van der Waals surface area contributed by atoms with Crippen LogP contribution in [0.4, 0.5) is 34.1 Å². The number of aryl methyl sites for hydroxylation is 2. The number of halogens is 2. The van der Waals surface area contributed by atoms with Crippen molar-refractivity contribution in [2.45, 2.75) is 37.5 Å². The van der Waals surface area contributed by atoms with E-state index < -0.39 is 53.3 Å². The van der Waals surface area contributed by atoms with Crippen molar-refractivity contribution in [3.63, 3.8) is 0 Å². The Morgan fingerprint density at radius 2 is 1.07 bits per heavy atom. The molecule has 4 N–H and O–H groups in total. The van der Waals surface area contributed by atoms with Crippen LogP contribution in [0.1, 0.15) is 40.9 Å². The number of hydrogen-bond acceptors (Lipinski definition) is 15. The third kappa shape index (κ3) is 13.6. The van der Waals surface area contributed by atoms with Crippen LogP contribution in [0.3, 0.4) is 0 Å². The Balaban J connectivity index is 0.000000241. The summed E-state index contributed by atoms with van der Waals surface area (Å²) >= 11 is 12.0. The zero-order chi connectivity index (χ0) is 53.5. The molecule has 1 amide bonds. The van der Waals surface area contributed by atoms with E-state index in [1.807, 2.05) is 6.92 Å². The maximum atomic E-state index is 13.4. The molecule has 23 heteroatoms. The van der Waals surface area contributed by atoms with Gasteiger partial charge in [0.15, 0.2) is 5.75 Å². The molecule has 0 radical (unpaired) electrons. The van der Waals surface area contributed by atoms with Gasteiger partial charge < -0.3 is 30.1 Å². The SMILES string of the molecule is CCOc1ccccc1N=C([O-])c1cc2ccccc2c(N=Nc2cc(Cl)c(S(=O)(=O)O)cc2C)c1[O-].CCOc1ccccc1NC(=O)c1cc2ccccc2c(N=Nc2cc(Cl)c(S(=O)(=O)O)cc2C)c1O.[Ca+2]. The van der Waals surface area contributed by atoms with Crippen LogP contribution in [-0.4, -0.2) is 93.8 Å². The first-order valence-corrected chi connectivity index (χ1v) is 25.7. The van der Waals surface area contributed by atoms with Gasteiger partial charge in [-0.3, -0.25) is 18.9 Å². The molecular formula is C52H42CaCl2N6O12S2. The maximum absolute atomic E-state index is 13.4. The Hall–Kier alpha value is -6.72. The first-order valence-electron chi connectivity index (χ1n) is 22.1. The number of nitrogens with zero attached hydrogens (tertiary/aromatic N) is 5. The molecule has 0 spiro atoms. The van der Waals surface area contributed by atoms with E-state index in [-0.39, 0.29) is 87.3 Å². The molecule has 8 aromatic rings. The van der Waals surface area contributed by atoms with Gasteiger partial charge >= 0.3 is 37.7 Å². The summed E-state index contributed by atoms with van der Waals surface area (Å²) in [6.45, 7) is 7.54. The molecule has 0 atom stereocenters. The van der Waals surface area contributed by atoms with Crippen molar-refractivity contribution in [2.24, 2.45) is 25.4 Å². The van der Waals surface area contributed by atoms with Crippen molar-refractivity contribution >= 4 is 149 Å². The number of rotatable bonds is 14. The second-order valence-electron chi connectivity index (χ2n) is 15.9. The summed E-state index contributed by atoms with van der Waals surface area (Å²) in [4.78, 5) is 16.4. The monoisotopic (exact) mass is 1120 g/mol. The minimum Gasteiger partial charge on any atom is -0.871 e. The third-order valence-corrected chi connectivity index (χ3v) is 13.5. The molecule has 8 aromatic carbocycles. The van der Waals surface area contributed by atoms with Gasteiger partial charge in [0.05, 0.1) is 51.6 Å². The number of phenolic OH excluding ortho intramolecular Hbond substituents is 1. The van der Waals surface area contributed by atoms with Crippen LogP contribution >= 0.6 is 23.2 Å². The average Bonchev–Trinajstić information content (AvgIpc) is 3.35. The number of amides is 1. The number of aliphatic imine (C=N–C) groups is 1. The van der Waals surface area contributed by atoms with Crippen LogP contribution < -0.4 is 25.0 Å². The van der Waals surface area contributed by atoms with Crippen LogP contribution in [-0.2, 0) is 20.2 Å². The fourth-order valence-corrected chi connectivity index (χ4v) is 9.47. The average molecular weight is 1120 g/mol. The fraction of sp³-hybridized carbons (Fsp3) is 0.115. The van der Waals surface area contributed by atoms with Gasteiger partial charge in [0.2, 0.25) is 0 Å². The number of hydrogen-bond donors (Lipinski definition) is 4. The van der Waals surface area contributed by atoms with E-state index in [4.69, 9.17) is 32.7 Å². The van der Waals surface area contributed by atoms with Gasteiger partial charge in [0.25, 0.3) is 26.1 Å². The minimum absolute atomic E-state index is 0. The zero-order valence-electron chi connectivity index (χ0n) is 40.1. The topological polar surface area (TPSA) is 284 Å². The van der Waals surface area contributed by atoms with Crippen molar-refractivity contribution in [2.75, 3.05) is 18.5 Å². The number of para-hydroxylation sites is 4. The normalized spacial score (nSPS) is 11.9. The van der Waals surface area contributed by atoms with Gasteiger partial charge in [-0.1, -0.05) is 102 Å². The minimum atomic E-state index is -4.53. The quantitative estimate of drug-likeness (QED) is 0.0260. The second kappa shape index (κ2) is 24.7. The number of aromatic hydroxyl groups is 1. The number of carbonyl (C=O) groups is 1. The Morgan fingerprint density at radius 1 is 0.613 bits per heavy atom. The van der Waals surface area contributed by atoms with Gasteiger partial charge in [-0.25, -0.2) is 0 Å². The summed E-state index contributed by atoms with van der Waals surface area (Å²) in [7, 11) is -9.06. The molecule has 380 valence electrons. The van der Waals surface area contributed by atoms with Gasteiger partial charge in [-0.05, 0) is 122 Å². The van der Waals surface area contributed by atoms with E-state index in [1.165, 1.54) is 24.3 Å². The van der Waals surface area contributed by atoms with Crippen molar-refractivity contribution in [1.82, 2.24) is 0 Å². The maximum Gasteiger partial charge on any atom is 2.00 e. The molecule has 0 heterocycles. The van der Waals surface area contributed by atoms with Gasteiger partial charge in [-0.15, -0.1) is 5.11 Å². The van der Waals surface area contributed by atoms with E-state index in [9.17, 15) is 46.1 Å². The number of benzene rings is 8. The molecule has 0 unspecified atom stereocenters. The fourth-order valence-electron chi connectivity index (χ4n) is 7.30. The Bertz CT molecular complexity index is 3830. The standard InChI is InChI=1S/2C26H22ClN3O6S.Ca/c2*1-3-36-22-11-7-6-10-20(22)28-26(32)18-13-16-8-4-5-9-17(16)24(25(18)31)30-29-21-14-19(27)23(12-15(21)2)37(33,34)35;/h2*4-14,31H,3H2,1-2H3,(H,28,32)(H,33,34,35);/q;;+2/p-2. The molecule has 0 aliphatic heterocycles. The number of phenols is 1. The van der Waals surface area contributed by atoms with Gasteiger partial charge in [-0.2, -0.15) is 32.2 Å². The first-order chi connectivity index (χ1) is 35.2. The van der Waals surface area contributed by atoms with Gasteiger partial charge in [0.1, 0.15) is 32.7 Å². The zero-order valence-corrected chi connectivity index (χ0v) is 45.5. The smallest absolute Gasteiger partial charge is 0.871 e. The first kappa shape index (κ1) is 57.6. The molecule has 75 heavy (non-hydrogen) atoms. The number of anilines is 1. The predicted octanol–water partition coefficient (Wildman–Crippen LogP) is 11.8. The van der Waals surface area contributed by atoms with E-state index >= 15 is 0 Å². The number of fused-ring (bicyclic) bond motifs is 2.